The van der Waals surface area contributed by atoms with Crippen LogP contribution in [0.15, 0.2) is 58.4 Å². The van der Waals surface area contributed by atoms with E-state index < -0.39 is 5.92 Å². The van der Waals surface area contributed by atoms with Gasteiger partial charge < -0.3 is 20.5 Å². The second-order valence-corrected chi connectivity index (χ2v) is 8.37. The molecule has 1 atom stereocenters. The van der Waals surface area contributed by atoms with E-state index in [1.165, 1.54) is 0 Å². The van der Waals surface area contributed by atoms with E-state index in [9.17, 15) is 10.1 Å². The molecule has 0 aliphatic carbocycles. The molecule has 0 spiro atoms. The van der Waals surface area contributed by atoms with Gasteiger partial charge in [0.25, 0.3) is 5.91 Å². The number of aromatic amines is 1. The van der Waals surface area contributed by atoms with Gasteiger partial charge in [0.2, 0.25) is 11.8 Å². The van der Waals surface area contributed by atoms with Crippen molar-refractivity contribution < 1.29 is 14.3 Å². The summed E-state index contributed by atoms with van der Waals surface area (Å²) in [5.41, 5.74) is 8.90. The molecule has 10 heteroatoms. The molecule has 162 valence electrons. The number of H-pyrrole nitrogens is 1. The second-order valence-electron chi connectivity index (χ2n) is 7.02. The third kappa shape index (κ3) is 4.28. The number of anilines is 1. The van der Waals surface area contributed by atoms with Crippen LogP contribution in [0, 0.1) is 18.3 Å². The van der Waals surface area contributed by atoms with Gasteiger partial charge in [-0.1, -0.05) is 27.5 Å². The molecular weight excluding hydrogens is 498 g/mol. The number of aromatic nitrogens is 2. The van der Waals surface area contributed by atoms with Crippen LogP contribution < -0.4 is 20.5 Å². The average molecular weight is 515 g/mol. The number of allylic oxidation sites excluding steroid dienone is 1. The van der Waals surface area contributed by atoms with Gasteiger partial charge in [-0.2, -0.15) is 5.26 Å². The fourth-order valence-electron chi connectivity index (χ4n) is 3.46. The average Bonchev–Trinajstić information content (AvgIpc) is 3.13. The maximum absolute atomic E-state index is 12.4. The van der Waals surface area contributed by atoms with Gasteiger partial charge in [0.15, 0.2) is 6.61 Å². The Morgan fingerprint density at radius 1 is 1.38 bits per heavy atom. The number of nitriles is 1. The largest absolute Gasteiger partial charge is 0.483 e. The van der Waals surface area contributed by atoms with Crippen molar-refractivity contribution in [2.24, 2.45) is 5.73 Å². The molecule has 8 nitrogen and oxygen atoms in total. The number of carbonyl (C=O) groups excluding carboxylic acids is 1. The molecule has 0 fully saturated rings. The van der Waals surface area contributed by atoms with Crippen molar-refractivity contribution >= 4 is 39.1 Å². The van der Waals surface area contributed by atoms with Crippen molar-refractivity contribution in [3.8, 4) is 17.7 Å². The lowest BCUT2D eigenvalue weighted by atomic mass is 9.83. The number of aryl methyl sites for hydroxylation is 1. The molecule has 0 radical (unpaired) electrons. The van der Waals surface area contributed by atoms with Crippen LogP contribution in [0.4, 0.5) is 5.69 Å². The van der Waals surface area contributed by atoms with Crippen LogP contribution in [0.25, 0.3) is 0 Å². The Balaban J connectivity index is 1.64. The standard InChI is InChI=1S/C22H17BrClN5O3/c1-11-19-20(16(9-25)21(26)32-22(19)29-28-11)15-8-12(23)2-7-17(15)31-10-18(30)27-14-5-3-13(24)4-6-14/h2-8,20H,10,26H2,1H3,(H,27,30)(H,28,29). The van der Waals surface area contributed by atoms with E-state index in [2.05, 4.69) is 37.5 Å². The normalized spacial score (nSPS) is 14.9. The number of carbonyl (C=O) groups is 1. The molecule has 1 unspecified atom stereocenters. The number of nitrogens with one attached hydrogen (secondary N) is 2. The molecule has 32 heavy (non-hydrogen) atoms. The van der Waals surface area contributed by atoms with E-state index >= 15 is 0 Å². The zero-order valence-electron chi connectivity index (χ0n) is 16.8. The predicted molar refractivity (Wildman–Crippen MR) is 122 cm³/mol. The summed E-state index contributed by atoms with van der Waals surface area (Å²) in [6.07, 6.45) is 0. The SMILES string of the molecule is Cc1[nH]nc2c1C(c1cc(Br)ccc1OCC(=O)Nc1ccc(Cl)cc1)C(C#N)=C(N)O2. The number of ether oxygens (including phenoxy) is 2. The molecule has 4 rings (SSSR count). The van der Waals surface area contributed by atoms with E-state index in [1.807, 2.05) is 13.0 Å². The summed E-state index contributed by atoms with van der Waals surface area (Å²) in [5.74, 6) is -0.213. The highest BCUT2D eigenvalue weighted by molar-refractivity contribution is 9.10. The Kier molecular flexibility index (Phi) is 6.08. The van der Waals surface area contributed by atoms with Crippen LogP contribution >= 0.6 is 27.5 Å². The van der Waals surface area contributed by atoms with Crippen molar-refractivity contribution in [2.45, 2.75) is 12.8 Å². The lowest BCUT2D eigenvalue weighted by Gasteiger charge is -2.25. The Labute approximate surface area is 197 Å². The molecule has 1 aliphatic rings. The van der Waals surface area contributed by atoms with Gasteiger partial charge in [-0.15, -0.1) is 5.10 Å². The van der Waals surface area contributed by atoms with Crippen LogP contribution in [0.2, 0.25) is 5.02 Å². The highest BCUT2D eigenvalue weighted by atomic mass is 79.9. The summed E-state index contributed by atoms with van der Waals surface area (Å²) < 4.78 is 12.2. The fraction of sp³-hybridized carbons (Fsp3) is 0.136. The first-order valence-corrected chi connectivity index (χ1v) is 10.6. The number of amides is 1. The lowest BCUT2D eigenvalue weighted by molar-refractivity contribution is -0.118. The summed E-state index contributed by atoms with van der Waals surface area (Å²) in [4.78, 5) is 12.4. The van der Waals surface area contributed by atoms with Crippen molar-refractivity contribution in [1.29, 1.82) is 5.26 Å². The monoisotopic (exact) mass is 513 g/mol. The number of fused-ring (bicyclic) bond motifs is 1. The van der Waals surface area contributed by atoms with E-state index in [-0.39, 0.29) is 24.0 Å². The summed E-state index contributed by atoms with van der Waals surface area (Å²) in [7, 11) is 0. The summed E-state index contributed by atoms with van der Waals surface area (Å²) in [5, 5.41) is 20.1. The Hall–Kier alpha value is -3.48. The van der Waals surface area contributed by atoms with Crippen LogP contribution in [0.3, 0.4) is 0 Å². The maximum atomic E-state index is 12.4. The molecule has 1 aromatic heterocycles. The topological polar surface area (TPSA) is 126 Å². The van der Waals surface area contributed by atoms with E-state index in [1.54, 1.807) is 36.4 Å². The number of hydrogen-bond acceptors (Lipinski definition) is 6. The van der Waals surface area contributed by atoms with E-state index in [4.69, 9.17) is 26.8 Å². The van der Waals surface area contributed by atoms with Gasteiger partial charge in [0, 0.05) is 32.0 Å². The van der Waals surface area contributed by atoms with Gasteiger partial charge in [0.1, 0.15) is 17.4 Å². The molecule has 3 aromatic rings. The molecule has 1 aliphatic heterocycles. The molecule has 2 aromatic carbocycles. The molecular formula is C22H17BrClN5O3. The van der Waals surface area contributed by atoms with Crippen molar-refractivity contribution in [1.82, 2.24) is 10.2 Å². The quantitative estimate of drug-likeness (QED) is 0.464. The molecule has 0 bridgehead atoms. The third-order valence-electron chi connectivity index (χ3n) is 4.90. The summed E-state index contributed by atoms with van der Waals surface area (Å²) in [6.45, 7) is 1.59. The van der Waals surface area contributed by atoms with Crippen LogP contribution in [-0.2, 0) is 4.79 Å². The number of hydrogen-bond donors (Lipinski definition) is 3. The minimum Gasteiger partial charge on any atom is -0.483 e. The van der Waals surface area contributed by atoms with Crippen LogP contribution in [0.1, 0.15) is 22.7 Å². The first-order valence-electron chi connectivity index (χ1n) is 9.47. The second kappa shape index (κ2) is 8.94. The van der Waals surface area contributed by atoms with Crippen molar-refractivity contribution in [3.63, 3.8) is 0 Å². The summed E-state index contributed by atoms with van der Waals surface area (Å²) >= 11 is 9.34. The smallest absolute Gasteiger partial charge is 0.262 e. The van der Waals surface area contributed by atoms with Gasteiger partial charge in [0.05, 0.1) is 5.92 Å². The molecule has 0 saturated carbocycles. The molecule has 1 amide bonds. The fourth-order valence-corrected chi connectivity index (χ4v) is 3.96. The van der Waals surface area contributed by atoms with Gasteiger partial charge in [-0.05, 0) is 49.4 Å². The van der Waals surface area contributed by atoms with Crippen LogP contribution in [0.5, 0.6) is 11.6 Å². The zero-order chi connectivity index (χ0) is 22.8. The van der Waals surface area contributed by atoms with Crippen molar-refractivity contribution in [3.05, 3.63) is 80.2 Å². The lowest BCUT2D eigenvalue weighted by Crippen LogP contribution is -2.23. The Bertz CT molecular complexity index is 1260. The Morgan fingerprint density at radius 2 is 2.12 bits per heavy atom. The van der Waals surface area contributed by atoms with Gasteiger partial charge in [-0.25, -0.2) is 0 Å². The van der Waals surface area contributed by atoms with Gasteiger partial charge >= 0.3 is 0 Å². The first kappa shape index (κ1) is 21.7. The number of nitrogens with zero attached hydrogens (tertiary/aromatic N) is 2. The van der Waals surface area contributed by atoms with E-state index in [0.29, 0.717) is 33.5 Å². The van der Waals surface area contributed by atoms with Crippen molar-refractivity contribution in [2.75, 3.05) is 11.9 Å². The Morgan fingerprint density at radius 3 is 2.84 bits per heavy atom. The third-order valence-corrected chi connectivity index (χ3v) is 5.64. The molecule has 0 saturated heterocycles. The molecule has 4 N–H and O–H groups in total. The first-order chi connectivity index (χ1) is 15.4. The van der Waals surface area contributed by atoms with Crippen LogP contribution in [-0.4, -0.2) is 22.7 Å². The number of nitrogens with two attached hydrogens (primary N) is 1. The van der Waals surface area contributed by atoms with E-state index in [0.717, 1.165) is 10.2 Å². The highest BCUT2D eigenvalue weighted by Gasteiger charge is 2.36. The summed E-state index contributed by atoms with van der Waals surface area (Å²) in [6, 6.07) is 14.2. The number of rotatable bonds is 5. The maximum Gasteiger partial charge on any atom is 0.262 e. The minimum absolute atomic E-state index is 0.0251. The molecule has 2 heterocycles. The predicted octanol–water partition coefficient (Wildman–Crippen LogP) is 4.37. The zero-order valence-corrected chi connectivity index (χ0v) is 19.1. The minimum atomic E-state index is -0.575. The highest BCUT2D eigenvalue weighted by Crippen LogP contribution is 2.46. The number of benzene rings is 2. The van der Waals surface area contributed by atoms with Gasteiger partial charge in [-0.3, -0.25) is 9.89 Å². The number of halogens is 2.